The first-order chi connectivity index (χ1) is 11.3. The fourth-order valence-electron chi connectivity index (χ4n) is 2.71. The molecule has 1 fully saturated rings. The highest BCUT2D eigenvalue weighted by Crippen LogP contribution is 2.08. The zero-order valence-corrected chi connectivity index (χ0v) is 14.4. The molecule has 1 aromatic heterocycles. The minimum atomic E-state index is 0. The van der Waals surface area contributed by atoms with Crippen molar-refractivity contribution in [2.75, 3.05) is 32.7 Å². The van der Waals surface area contributed by atoms with Gasteiger partial charge in [-0.2, -0.15) is 0 Å². The van der Waals surface area contributed by atoms with Crippen molar-refractivity contribution in [2.24, 2.45) is 0 Å². The molecule has 5 heteroatoms. The molecule has 126 valence electrons. The standard InChI is InChI=1S/C19H21N3O.ClH/c23-19(18-8-10-20-11-9-18)22-15-13-21(14-16-22)12-4-7-17-5-2-1-3-6-17;/h1-11H,12-16H2;1H/b7-4+;. The summed E-state index contributed by atoms with van der Waals surface area (Å²) >= 11 is 0. The molecule has 3 rings (SSSR count). The molecule has 0 radical (unpaired) electrons. The van der Waals surface area contributed by atoms with E-state index in [2.05, 4.69) is 34.2 Å². The van der Waals surface area contributed by atoms with Crippen molar-refractivity contribution in [3.8, 4) is 0 Å². The molecule has 0 bridgehead atoms. The second-order valence-corrected chi connectivity index (χ2v) is 5.64. The van der Waals surface area contributed by atoms with Crippen LogP contribution in [0.1, 0.15) is 15.9 Å². The van der Waals surface area contributed by atoms with Gasteiger partial charge in [0, 0.05) is 50.7 Å². The van der Waals surface area contributed by atoms with Crippen molar-refractivity contribution in [3.05, 3.63) is 72.1 Å². The van der Waals surface area contributed by atoms with Crippen LogP contribution in [0, 0.1) is 0 Å². The molecule has 4 nitrogen and oxygen atoms in total. The topological polar surface area (TPSA) is 36.4 Å². The summed E-state index contributed by atoms with van der Waals surface area (Å²) in [6.45, 7) is 4.30. The largest absolute Gasteiger partial charge is 0.336 e. The molecule has 1 aromatic carbocycles. The Balaban J connectivity index is 0.00000208. The average Bonchev–Trinajstić information content (AvgIpc) is 2.63. The number of carbonyl (C=O) groups excluding carboxylic acids is 1. The van der Waals surface area contributed by atoms with E-state index in [-0.39, 0.29) is 18.3 Å². The molecule has 24 heavy (non-hydrogen) atoms. The Kier molecular flexibility index (Phi) is 6.97. The van der Waals surface area contributed by atoms with E-state index in [1.54, 1.807) is 24.5 Å². The van der Waals surface area contributed by atoms with Gasteiger partial charge in [-0.25, -0.2) is 0 Å². The highest BCUT2D eigenvalue weighted by atomic mass is 35.5. The number of hydrogen-bond acceptors (Lipinski definition) is 3. The summed E-state index contributed by atoms with van der Waals surface area (Å²) in [7, 11) is 0. The predicted molar refractivity (Wildman–Crippen MR) is 99.3 cm³/mol. The summed E-state index contributed by atoms with van der Waals surface area (Å²) in [5.74, 6) is 0.104. The van der Waals surface area contributed by atoms with Crippen LogP contribution in [0.25, 0.3) is 6.08 Å². The van der Waals surface area contributed by atoms with Gasteiger partial charge in [-0.1, -0.05) is 42.5 Å². The predicted octanol–water partition coefficient (Wildman–Crippen LogP) is 2.97. The highest BCUT2D eigenvalue weighted by Gasteiger charge is 2.21. The third-order valence-corrected chi connectivity index (χ3v) is 4.06. The quantitative estimate of drug-likeness (QED) is 0.856. The van der Waals surface area contributed by atoms with Crippen molar-refractivity contribution >= 4 is 24.4 Å². The third kappa shape index (κ3) is 4.91. The zero-order valence-electron chi connectivity index (χ0n) is 13.5. The van der Waals surface area contributed by atoms with E-state index in [1.807, 2.05) is 23.1 Å². The number of benzene rings is 1. The number of carbonyl (C=O) groups is 1. The van der Waals surface area contributed by atoms with Gasteiger partial charge in [0.2, 0.25) is 0 Å². The summed E-state index contributed by atoms with van der Waals surface area (Å²) in [5.41, 5.74) is 1.94. The van der Waals surface area contributed by atoms with Crippen LogP contribution in [-0.4, -0.2) is 53.4 Å². The van der Waals surface area contributed by atoms with E-state index in [0.717, 1.165) is 38.3 Å². The second-order valence-electron chi connectivity index (χ2n) is 5.64. The van der Waals surface area contributed by atoms with Crippen LogP contribution in [0.2, 0.25) is 0 Å². The highest BCUT2D eigenvalue weighted by molar-refractivity contribution is 5.94. The lowest BCUT2D eigenvalue weighted by Gasteiger charge is -2.34. The fraction of sp³-hybridized carbons (Fsp3) is 0.263. The van der Waals surface area contributed by atoms with Crippen molar-refractivity contribution in [3.63, 3.8) is 0 Å². The van der Waals surface area contributed by atoms with Gasteiger partial charge in [0.25, 0.3) is 5.91 Å². The van der Waals surface area contributed by atoms with E-state index in [0.29, 0.717) is 0 Å². The first-order valence-electron chi connectivity index (χ1n) is 7.96. The Hall–Kier alpha value is -2.17. The molecule has 0 saturated carbocycles. The van der Waals surface area contributed by atoms with Gasteiger partial charge in [-0.3, -0.25) is 14.7 Å². The molecule has 0 atom stereocenters. The molecule has 0 aliphatic carbocycles. The van der Waals surface area contributed by atoms with E-state index in [4.69, 9.17) is 0 Å². The van der Waals surface area contributed by atoms with Gasteiger partial charge < -0.3 is 4.90 Å². The summed E-state index contributed by atoms with van der Waals surface area (Å²) in [4.78, 5) is 20.6. The fourth-order valence-corrected chi connectivity index (χ4v) is 2.71. The summed E-state index contributed by atoms with van der Waals surface area (Å²) in [6.07, 6.45) is 7.67. The molecule has 1 aliphatic rings. The SMILES string of the molecule is Cl.O=C(c1ccncc1)N1CCN(C/C=C/c2ccccc2)CC1. The van der Waals surface area contributed by atoms with Crippen LogP contribution < -0.4 is 0 Å². The van der Waals surface area contributed by atoms with Gasteiger partial charge >= 0.3 is 0 Å². The van der Waals surface area contributed by atoms with Gasteiger partial charge in [-0.15, -0.1) is 12.4 Å². The molecular weight excluding hydrogens is 322 g/mol. The van der Waals surface area contributed by atoms with Crippen LogP contribution in [0.3, 0.4) is 0 Å². The number of piperazine rings is 1. The van der Waals surface area contributed by atoms with Crippen LogP contribution in [-0.2, 0) is 0 Å². The van der Waals surface area contributed by atoms with Crippen LogP contribution in [0.4, 0.5) is 0 Å². The molecule has 1 saturated heterocycles. The third-order valence-electron chi connectivity index (χ3n) is 4.06. The number of nitrogens with zero attached hydrogens (tertiary/aromatic N) is 3. The Morgan fingerprint density at radius 3 is 2.33 bits per heavy atom. The van der Waals surface area contributed by atoms with E-state index in [1.165, 1.54) is 5.56 Å². The maximum absolute atomic E-state index is 12.4. The Bertz CT molecular complexity index is 653. The van der Waals surface area contributed by atoms with E-state index < -0.39 is 0 Å². The first-order valence-corrected chi connectivity index (χ1v) is 7.96. The summed E-state index contributed by atoms with van der Waals surface area (Å²) in [5, 5.41) is 0. The minimum Gasteiger partial charge on any atom is -0.336 e. The van der Waals surface area contributed by atoms with Crippen LogP contribution in [0.15, 0.2) is 60.9 Å². The van der Waals surface area contributed by atoms with Gasteiger partial charge in [0.05, 0.1) is 0 Å². The molecule has 2 aromatic rings. The van der Waals surface area contributed by atoms with E-state index >= 15 is 0 Å². The number of aromatic nitrogens is 1. The molecule has 0 N–H and O–H groups in total. The summed E-state index contributed by atoms with van der Waals surface area (Å²) < 4.78 is 0. The zero-order chi connectivity index (χ0) is 15.9. The number of amides is 1. The molecule has 1 amide bonds. The number of halogens is 1. The van der Waals surface area contributed by atoms with E-state index in [9.17, 15) is 4.79 Å². The maximum Gasteiger partial charge on any atom is 0.254 e. The van der Waals surface area contributed by atoms with Gasteiger partial charge in [0.1, 0.15) is 0 Å². The molecule has 1 aliphatic heterocycles. The Labute approximate surface area is 149 Å². The Morgan fingerprint density at radius 2 is 1.67 bits per heavy atom. The molecular formula is C19H22ClN3O. The average molecular weight is 344 g/mol. The molecule has 0 unspecified atom stereocenters. The monoisotopic (exact) mass is 343 g/mol. The van der Waals surface area contributed by atoms with Gasteiger partial charge in [0.15, 0.2) is 0 Å². The van der Waals surface area contributed by atoms with Crippen molar-refractivity contribution in [2.45, 2.75) is 0 Å². The first kappa shape index (κ1) is 18.2. The maximum atomic E-state index is 12.4. The number of rotatable bonds is 4. The van der Waals surface area contributed by atoms with Crippen molar-refractivity contribution in [1.29, 1.82) is 0 Å². The smallest absolute Gasteiger partial charge is 0.254 e. The lowest BCUT2D eigenvalue weighted by molar-refractivity contribution is 0.0650. The lowest BCUT2D eigenvalue weighted by Crippen LogP contribution is -2.48. The lowest BCUT2D eigenvalue weighted by atomic mass is 10.2. The van der Waals surface area contributed by atoms with Crippen LogP contribution >= 0.6 is 12.4 Å². The molecule has 2 heterocycles. The Morgan fingerprint density at radius 1 is 1.00 bits per heavy atom. The minimum absolute atomic E-state index is 0. The summed E-state index contributed by atoms with van der Waals surface area (Å²) in [6, 6.07) is 13.9. The second kappa shape index (κ2) is 9.21. The van der Waals surface area contributed by atoms with Gasteiger partial charge in [-0.05, 0) is 17.7 Å². The normalized spacial score (nSPS) is 15.2. The number of pyridine rings is 1. The van der Waals surface area contributed by atoms with Crippen LogP contribution in [0.5, 0.6) is 0 Å². The number of hydrogen-bond donors (Lipinski definition) is 0. The molecule has 0 spiro atoms. The van der Waals surface area contributed by atoms with Crippen molar-refractivity contribution < 1.29 is 4.79 Å². The van der Waals surface area contributed by atoms with Crippen molar-refractivity contribution in [1.82, 2.24) is 14.8 Å².